The molecule has 22 heteroatoms. The van der Waals surface area contributed by atoms with Gasteiger partial charge in [-0.25, -0.2) is 41.9 Å². The van der Waals surface area contributed by atoms with E-state index in [4.69, 9.17) is 10.1 Å². The van der Waals surface area contributed by atoms with Gasteiger partial charge in [0.05, 0.1) is 15.7 Å². The molecule has 79 heavy (non-hydrogen) atoms. The minimum absolute atomic E-state index is 0. The molecule has 2 unspecified atom stereocenters. The minimum Gasteiger partial charge on any atom is -1.00 e. The SMILES string of the molecule is C.Cc1ccc(S(=O)(=O)n2ccc3c(N4CCCC(c5cccc(NC(=O)Nc6ccccc6)c5)C4)ncnc32)cc1.O=C(Nc1ccccc1)Nc1cccc(C2CCCN(c3ncnc4[nH]ccc34)C2)c1.O=CO[O-].[H-].[K+].[K+]. The van der Waals surface area contributed by atoms with Crippen LogP contribution in [0.2, 0.25) is 0 Å². The standard InChI is InChI=1S/C31H30N6O3S.C24H24N6O.CH2O3.CH4.2K.H/c1-22-12-14-27(15-13-22)41(39,40)37-18-16-28-29(32-21-33-30(28)37)36-17-6-8-24(20-36)23-7-5-11-26(19-23)35-31(38)34-25-9-3-2-4-10-25;31-24(28-19-8-2-1-3-9-19)29-20-10-4-6-17(14-20)18-7-5-13-30(15-18)23-21-11-12-25-22(21)26-16-27-23;2-1-4-3;;;;/h2-5,7,9-16,18-19,21,24H,6,8,17,20H2,1H3,(H2,34,35,38);1-4,6,8-12,14,16,18H,5,7,13,15H2,(H,25,26,27)(H2,28,29,31);1,3H;1H4;;;/q;;;;2*+1;-1/p-1. The Morgan fingerprint density at radius 1 is 0.646 bits per heavy atom. The van der Waals surface area contributed by atoms with Crippen LogP contribution in [0.25, 0.3) is 22.1 Å². The third-order valence-electron chi connectivity index (χ3n) is 13.1. The van der Waals surface area contributed by atoms with Crippen molar-refractivity contribution in [3.8, 4) is 0 Å². The molecule has 4 amide bonds. The molecule has 0 bridgehead atoms. The smallest absolute Gasteiger partial charge is 1.00 e. The number of urea groups is 2. The second-order valence-corrected chi connectivity index (χ2v) is 20.0. The summed E-state index contributed by atoms with van der Waals surface area (Å²) < 4.78 is 28.1. The molecule has 19 nitrogen and oxygen atoms in total. The van der Waals surface area contributed by atoms with Crippen molar-refractivity contribution in [2.45, 2.75) is 56.8 Å². The predicted octanol–water partition coefficient (Wildman–Crippen LogP) is 4.18. The summed E-state index contributed by atoms with van der Waals surface area (Å²) in [5, 5.41) is 21.7. The molecular formula is C57H60K2N12O7S. The third-order valence-corrected chi connectivity index (χ3v) is 14.8. The van der Waals surface area contributed by atoms with Gasteiger partial charge in [0.15, 0.2) is 5.65 Å². The number of carbonyl (C=O) groups is 3. The number of fused-ring (bicyclic) bond motifs is 2. The first-order chi connectivity index (χ1) is 37.1. The van der Waals surface area contributed by atoms with Crippen LogP contribution in [0.15, 0.2) is 176 Å². The molecule has 11 rings (SSSR count). The number of amides is 4. The molecule has 2 aliphatic rings. The van der Waals surface area contributed by atoms with Crippen LogP contribution in [-0.4, -0.2) is 82.0 Å². The number of anilines is 6. The fourth-order valence-corrected chi connectivity index (χ4v) is 10.9. The molecule has 6 heterocycles. The van der Waals surface area contributed by atoms with Gasteiger partial charge in [-0.3, -0.25) is 4.79 Å². The number of hydrogen-bond acceptors (Lipinski definition) is 13. The Morgan fingerprint density at radius 3 is 1.65 bits per heavy atom. The Morgan fingerprint density at radius 2 is 1.13 bits per heavy atom. The first-order valence-electron chi connectivity index (χ1n) is 24.7. The van der Waals surface area contributed by atoms with E-state index in [2.05, 4.69) is 79.1 Å². The Balaban J connectivity index is 0.000000271. The molecule has 4 aromatic heterocycles. The Bertz CT molecular complexity index is 3550. The maximum Gasteiger partial charge on any atom is 1.00 e. The molecular weight excluding hydrogens is 1070 g/mol. The maximum atomic E-state index is 13.4. The van der Waals surface area contributed by atoms with Crippen molar-refractivity contribution in [2.24, 2.45) is 0 Å². The van der Waals surface area contributed by atoms with Gasteiger partial charge in [0.2, 0.25) is 0 Å². The molecule has 2 atom stereocenters. The van der Waals surface area contributed by atoms with Crippen molar-refractivity contribution < 1.29 is 137 Å². The minimum atomic E-state index is -3.81. The van der Waals surface area contributed by atoms with Gasteiger partial charge in [-0.15, -0.1) is 0 Å². The van der Waals surface area contributed by atoms with Crippen molar-refractivity contribution >= 4 is 85.0 Å². The van der Waals surface area contributed by atoms with E-state index < -0.39 is 10.0 Å². The average molecular weight is 1140 g/mol. The molecule has 0 spiro atoms. The third kappa shape index (κ3) is 16.2. The van der Waals surface area contributed by atoms with Gasteiger partial charge >= 0.3 is 115 Å². The monoisotopic (exact) mass is 1130 g/mol. The van der Waals surface area contributed by atoms with Crippen LogP contribution in [0.1, 0.15) is 63.1 Å². The fraction of sp³-hybridized carbons (Fsp3) is 0.211. The summed E-state index contributed by atoms with van der Waals surface area (Å²) in [4.78, 5) is 61.8. The van der Waals surface area contributed by atoms with Gasteiger partial charge in [-0.05, 0) is 117 Å². The topological polar surface area (TPSA) is 245 Å². The van der Waals surface area contributed by atoms with Gasteiger partial charge in [-0.1, -0.05) is 85.8 Å². The fourth-order valence-electron chi connectivity index (χ4n) is 9.55. The van der Waals surface area contributed by atoms with Crippen molar-refractivity contribution in [3.05, 3.63) is 187 Å². The predicted molar refractivity (Wildman–Crippen MR) is 300 cm³/mol. The van der Waals surface area contributed by atoms with E-state index in [-0.39, 0.29) is 141 Å². The van der Waals surface area contributed by atoms with Crippen LogP contribution in [0.4, 0.5) is 44.0 Å². The summed E-state index contributed by atoms with van der Waals surface area (Å²) in [6, 6.07) is 44.8. The summed E-state index contributed by atoms with van der Waals surface area (Å²) in [6.07, 6.45) is 10.6. The van der Waals surface area contributed by atoms with Crippen molar-refractivity contribution in [2.75, 3.05) is 57.2 Å². The second kappa shape index (κ2) is 30.1. The number of H-pyrrole nitrogens is 1. The first-order valence-corrected chi connectivity index (χ1v) is 26.1. The van der Waals surface area contributed by atoms with E-state index in [1.165, 1.54) is 15.9 Å². The molecule has 0 radical (unpaired) electrons. The Hall–Kier alpha value is -5.87. The van der Waals surface area contributed by atoms with Crippen LogP contribution in [0, 0.1) is 6.92 Å². The van der Waals surface area contributed by atoms with Gasteiger partial charge in [-0.2, -0.15) is 0 Å². The van der Waals surface area contributed by atoms with Crippen molar-refractivity contribution in [1.82, 2.24) is 28.9 Å². The molecule has 2 fully saturated rings. The largest absolute Gasteiger partial charge is 1.00 e. The van der Waals surface area contributed by atoms with Gasteiger partial charge in [0.1, 0.15) is 29.9 Å². The zero-order chi connectivity index (χ0) is 52.9. The van der Waals surface area contributed by atoms with Crippen molar-refractivity contribution in [1.29, 1.82) is 0 Å². The number of nitrogens with one attached hydrogen (secondary N) is 5. The number of rotatable bonds is 11. The van der Waals surface area contributed by atoms with Crippen LogP contribution in [-0.2, 0) is 19.7 Å². The first kappa shape index (κ1) is 62.3. The number of aromatic nitrogens is 6. The number of aromatic amines is 1. The normalized spacial score (nSPS) is 14.7. The number of para-hydroxylation sites is 2. The number of nitrogens with zero attached hydrogens (tertiary/aromatic N) is 7. The van der Waals surface area contributed by atoms with E-state index in [1.807, 2.05) is 110 Å². The summed E-state index contributed by atoms with van der Waals surface area (Å²) in [7, 11) is -3.81. The number of benzene rings is 5. The Kier molecular flexibility index (Phi) is 23.7. The van der Waals surface area contributed by atoms with Crippen LogP contribution >= 0.6 is 0 Å². The zero-order valence-corrected chi connectivity index (χ0v) is 50.5. The quantitative estimate of drug-likeness (QED) is 0.0529. The van der Waals surface area contributed by atoms with E-state index in [9.17, 15) is 18.0 Å². The maximum absolute atomic E-state index is 13.4. The summed E-state index contributed by atoms with van der Waals surface area (Å²) >= 11 is 0. The number of aryl methyl sites for hydroxylation is 1. The van der Waals surface area contributed by atoms with E-state index >= 15 is 0 Å². The molecule has 0 aliphatic carbocycles. The Labute approximate surface area is 545 Å². The molecule has 0 saturated carbocycles. The number of carbonyl (C=O) groups excluding carboxylic acids is 3. The molecule has 2 aliphatic heterocycles. The van der Waals surface area contributed by atoms with Crippen molar-refractivity contribution in [3.63, 3.8) is 0 Å². The average Bonchev–Trinajstić information content (AvgIpc) is 4.15. The zero-order valence-electron chi connectivity index (χ0n) is 44.5. The molecule has 5 aromatic carbocycles. The van der Waals surface area contributed by atoms with Crippen LogP contribution in [0.3, 0.4) is 0 Å². The second-order valence-electron chi connectivity index (χ2n) is 18.2. The van der Waals surface area contributed by atoms with E-state index in [1.54, 1.807) is 42.9 Å². The molecule has 2 saturated heterocycles. The van der Waals surface area contributed by atoms with Gasteiger partial charge in [0, 0.05) is 73.2 Å². The summed E-state index contributed by atoms with van der Waals surface area (Å²) in [5.41, 5.74) is 7.55. The molecule has 398 valence electrons. The summed E-state index contributed by atoms with van der Waals surface area (Å²) in [6.45, 7) is 5.11. The summed E-state index contributed by atoms with van der Waals surface area (Å²) in [5.74, 6) is 2.28. The molecule has 5 N–H and O–H groups in total. The van der Waals surface area contributed by atoms with Crippen LogP contribution < -0.4 is 139 Å². The van der Waals surface area contributed by atoms with Crippen LogP contribution in [0.5, 0.6) is 0 Å². The number of piperidine rings is 2. The van der Waals surface area contributed by atoms with Gasteiger partial charge < -0.3 is 47.6 Å². The van der Waals surface area contributed by atoms with Gasteiger partial charge in [0.25, 0.3) is 16.5 Å². The van der Waals surface area contributed by atoms with E-state index in [0.717, 1.165) is 96.0 Å². The van der Waals surface area contributed by atoms with E-state index in [0.29, 0.717) is 29.3 Å². The molecule has 9 aromatic rings. The number of hydrogen-bond donors (Lipinski definition) is 5.